The van der Waals surface area contributed by atoms with E-state index in [4.69, 9.17) is 4.74 Å². The van der Waals surface area contributed by atoms with E-state index in [1.54, 1.807) is 54.6 Å². The van der Waals surface area contributed by atoms with Crippen molar-refractivity contribution in [2.75, 3.05) is 0 Å². The number of benzene rings is 2. The third kappa shape index (κ3) is 5.18. The third-order valence-electron chi connectivity index (χ3n) is 5.15. The van der Waals surface area contributed by atoms with Gasteiger partial charge < -0.3 is 10.1 Å². The number of carbonyl (C=O) groups is 3. The predicted octanol–water partition coefficient (Wildman–Crippen LogP) is 5.17. The lowest BCUT2D eigenvalue weighted by Crippen LogP contribution is -2.24. The Morgan fingerprint density at radius 1 is 1.06 bits per heavy atom. The molecule has 34 heavy (non-hydrogen) atoms. The molecule has 0 aliphatic carbocycles. The van der Waals surface area contributed by atoms with E-state index in [-0.39, 0.29) is 23.1 Å². The molecule has 2 heterocycles. The summed E-state index contributed by atoms with van der Waals surface area (Å²) < 4.78 is 18.9. The van der Waals surface area contributed by atoms with E-state index < -0.39 is 12.1 Å². The van der Waals surface area contributed by atoms with Gasteiger partial charge in [0.05, 0.1) is 28.2 Å². The third-order valence-corrected chi connectivity index (χ3v) is 6.24. The van der Waals surface area contributed by atoms with Crippen molar-refractivity contribution in [2.45, 2.75) is 26.5 Å². The normalized spacial score (nSPS) is 11.7. The number of thiophene rings is 1. The van der Waals surface area contributed by atoms with Crippen LogP contribution in [0, 0.1) is 5.82 Å². The lowest BCUT2D eigenvalue weighted by atomic mass is 10.0. The minimum absolute atomic E-state index is 0.159. The van der Waals surface area contributed by atoms with Gasteiger partial charge >= 0.3 is 5.97 Å². The summed E-state index contributed by atoms with van der Waals surface area (Å²) in [5.41, 5.74) is 1.99. The van der Waals surface area contributed by atoms with Crippen molar-refractivity contribution in [1.82, 2.24) is 10.3 Å². The summed E-state index contributed by atoms with van der Waals surface area (Å²) in [5, 5.41) is 3.27. The number of hydrogen-bond donors (Lipinski definition) is 1. The highest BCUT2D eigenvalue weighted by atomic mass is 32.1. The number of esters is 1. The van der Waals surface area contributed by atoms with Crippen LogP contribution in [0.1, 0.15) is 38.8 Å². The number of nitrogens with zero attached hydrogens (tertiary/aromatic N) is 1. The van der Waals surface area contributed by atoms with Crippen molar-refractivity contribution in [2.24, 2.45) is 0 Å². The Balaban J connectivity index is 1.58. The lowest BCUT2D eigenvalue weighted by Gasteiger charge is -2.14. The number of ether oxygens (including phenoxy) is 1. The first-order valence-electron chi connectivity index (χ1n) is 10.6. The fraction of sp³-hybridized carbons (Fsp3) is 0.154. The van der Waals surface area contributed by atoms with Gasteiger partial charge in [0.2, 0.25) is 11.7 Å². The van der Waals surface area contributed by atoms with E-state index in [1.165, 1.54) is 37.3 Å². The van der Waals surface area contributed by atoms with Gasteiger partial charge in [-0.15, -0.1) is 11.3 Å². The van der Waals surface area contributed by atoms with Crippen LogP contribution in [0.3, 0.4) is 0 Å². The van der Waals surface area contributed by atoms with Crippen molar-refractivity contribution in [3.05, 3.63) is 87.9 Å². The van der Waals surface area contributed by atoms with Crippen molar-refractivity contribution in [3.8, 4) is 11.3 Å². The number of carbonyl (C=O) groups excluding carboxylic acids is 3. The van der Waals surface area contributed by atoms with Crippen LogP contribution in [-0.2, 0) is 16.1 Å². The molecule has 172 valence electrons. The molecule has 0 saturated carbocycles. The number of halogens is 1. The SMILES string of the molecule is CC(=O)NCc1ccc(C(=O)C(C)OC(=O)c2cc(-c3ccc(F)cc3)nc3ccccc23)s1. The standard InChI is InChI=1S/C26H21FN2O4S/c1-15(25(31)24-12-11-19(34-24)14-28-16(2)30)33-26(32)21-13-23(17-7-9-18(27)10-8-17)29-22-6-4-3-5-20(21)22/h3-13,15H,14H2,1-2H3,(H,28,30). The molecule has 1 N–H and O–H groups in total. The molecule has 8 heteroatoms. The maximum absolute atomic E-state index is 13.4. The zero-order chi connectivity index (χ0) is 24.2. The second kappa shape index (κ2) is 9.93. The average Bonchev–Trinajstić information content (AvgIpc) is 3.31. The van der Waals surface area contributed by atoms with Crippen LogP contribution >= 0.6 is 11.3 Å². The summed E-state index contributed by atoms with van der Waals surface area (Å²) in [5.74, 6) is -1.51. The van der Waals surface area contributed by atoms with Crippen LogP contribution in [0.25, 0.3) is 22.2 Å². The first kappa shape index (κ1) is 23.3. The summed E-state index contributed by atoms with van der Waals surface area (Å²) in [6.45, 7) is 3.28. The summed E-state index contributed by atoms with van der Waals surface area (Å²) in [7, 11) is 0. The molecule has 4 aromatic rings. The molecule has 0 spiro atoms. The van der Waals surface area contributed by atoms with Crippen LogP contribution in [0.4, 0.5) is 4.39 Å². The van der Waals surface area contributed by atoms with E-state index in [2.05, 4.69) is 10.3 Å². The second-order valence-corrected chi connectivity index (χ2v) is 8.83. The van der Waals surface area contributed by atoms with Crippen LogP contribution in [-0.4, -0.2) is 28.7 Å². The molecular formula is C26H21FN2O4S. The topological polar surface area (TPSA) is 85.4 Å². The number of rotatable bonds is 7. The molecule has 6 nitrogen and oxygen atoms in total. The van der Waals surface area contributed by atoms with Gasteiger partial charge in [0.25, 0.3) is 0 Å². The molecule has 0 radical (unpaired) electrons. The predicted molar refractivity (Wildman–Crippen MR) is 128 cm³/mol. The molecule has 4 rings (SSSR count). The monoisotopic (exact) mass is 476 g/mol. The summed E-state index contributed by atoms with van der Waals surface area (Å²) >= 11 is 1.24. The second-order valence-electron chi connectivity index (χ2n) is 7.67. The largest absolute Gasteiger partial charge is 0.451 e. The summed E-state index contributed by atoms with van der Waals surface area (Å²) in [6.07, 6.45) is -1.01. The van der Waals surface area contributed by atoms with E-state index in [9.17, 15) is 18.8 Å². The Kier molecular flexibility index (Phi) is 6.79. The maximum Gasteiger partial charge on any atom is 0.339 e. The first-order valence-corrected chi connectivity index (χ1v) is 11.4. The van der Waals surface area contributed by atoms with Gasteiger partial charge in [-0.2, -0.15) is 0 Å². The number of ketones is 1. The maximum atomic E-state index is 13.4. The van der Waals surface area contributed by atoms with Crippen LogP contribution in [0.15, 0.2) is 66.7 Å². The minimum Gasteiger partial charge on any atom is -0.451 e. The number of fused-ring (bicyclic) bond motifs is 1. The zero-order valence-electron chi connectivity index (χ0n) is 18.5. The summed E-state index contributed by atoms with van der Waals surface area (Å²) in [6, 6.07) is 18.0. The highest BCUT2D eigenvalue weighted by Crippen LogP contribution is 2.26. The van der Waals surface area contributed by atoms with Gasteiger partial charge in [-0.3, -0.25) is 9.59 Å². The van der Waals surface area contributed by atoms with Crippen molar-refractivity contribution in [1.29, 1.82) is 0 Å². The molecule has 2 aromatic heterocycles. The highest BCUT2D eigenvalue weighted by Gasteiger charge is 2.24. The number of para-hydroxylation sites is 1. The summed E-state index contributed by atoms with van der Waals surface area (Å²) in [4.78, 5) is 42.9. The highest BCUT2D eigenvalue weighted by molar-refractivity contribution is 7.14. The Bertz CT molecular complexity index is 1380. The molecule has 0 aliphatic heterocycles. The Morgan fingerprint density at radius 3 is 2.53 bits per heavy atom. The molecule has 0 bridgehead atoms. The van der Waals surface area contributed by atoms with Crippen molar-refractivity contribution >= 4 is 39.9 Å². The van der Waals surface area contributed by atoms with Crippen LogP contribution in [0.5, 0.6) is 0 Å². The van der Waals surface area contributed by atoms with Gasteiger partial charge in [-0.1, -0.05) is 18.2 Å². The molecular weight excluding hydrogens is 455 g/mol. The number of hydrogen-bond acceptors (Lipinski definition) is 6. The van der Waals surface area contributed by atoms with Crippen molar-refractivity contribution < 1.29 is 23.5 Å². The Hall–Kier alpha value is -3.91. The van der Waals surface area contributed by atoms with E-state index in [0.29, 0.717) is 33.6 Å². The van der Waals surface area contributed by atoms with Crippen molar-refractivity contribution in [3.63, 3.8) is 0 Å². The van der Waals surface area contributed by atoms with E-state index in [1.807, 2.05) is 0 Å². The Morgan fingerprint density at radius 2 is 1.79 bits per heavy atom. The van der Waals surface area contributed by atoms with E-state index in [0.717, 1.165) is 4.88 Å². The van der Waals surface area contributed by atoms with Gasteiger partial charge in [0.1, 0.15) is 5.82 Å². The van der Waals surface area contributed by atoms with Crippen LogP contribution < -0.4 is 5.32 Å². The number of amides is 1. The molecule has 2 aromatic carbocycles. The first-order chi connectivity index (χ1) is 16.3. The molecule has 1 atom stereocenters. The smallest absolute Gasteiger partial charge is 0.339 e. The minimum atomic E-state index is -1.01. The fourth-order valence-corrected chi connectivity index (χ4v) is 4.37. The van der Waals surface area contributed by atoms with Crippen LogP contribution in [0.2, 0.25) is 0 Å². The lowest BCUT2D eigenvalue weighted by molar-refractivity contribution is -0.119. The quantitative estimate of drug-likeness (QED) is 0.294. The number of aromatic nitrogens is 1. The zero-order valence-corrected chi connectivity index (χ0v) is 19.3. The number of Topliss-reactive ketones (excluding diaryl/α,β-unsaturated/α-hetero) is 1. The average molecular weight is 477 g/mol. The van der Waals surface area contributed by atoms with Gasteiger partial charge in [0.15, 0.2) is 6.10 Å². The molecule has 1 unspecified atom stereocenters. The Labute approximate surface area is 199 Å². The molecule has 1 amide bonds. The molecule has 0 fully saturated rings. The van der Waals surface area contributed by atoms with Gasteiger partial charge in [0, 0.05) is 22.8 Å². The fourth-order valence-electron chi connectivity index (χ4n) is 3.41. The number of nitrogens with one attached hydrogen (secondary N) is 1. The van der Waals surface area contributed by atoms with Gasteiger partial charge in [-0.25, -0.2) is 14.2 Å². The number of pyridine rings is 1. The van der Waals surface area contributed by atoms with E-state index >= 15 is 0 Å². The van der Waals surface area contributed by atoms with Gasteiger partial charge in [-0.05, 0) is 55.5 Å². The molecule has 0 aliphatic rings. The molecule has 0 saturated heterocycles.